The summed E-state index contributed by atoms with van der Waals surface area (Å²) in [5.41, 5.74) is 2.04. The van der Waals surface area contributed by atoms with E-state index in [1.807, 2.05) is 18.2 Å². The number of piperazine rings is 1. The Labute approximate surface area is 156 Å². The summed E-state index contributed by atoms with van der Waals surface area (Å²) in [7, 11) is 0. The van der Waals surface area contributed by atoms with Crippen molar-refractivity contribution in [2.24, 2.45) is 0 Å². The molecule has 140 valence electrons. The van der Waals surface area contributed by atoms with Crippen LogP contribution < -0.4 is 14.8 Å². The van der Waals surface area contributed by atoms with Crippen LogP contribution in [0, 0.1) is 0 Å². The molecular weight excluding hydrogens is 348 g/mol. The lowest BCUT2D eigenvalue weighted by atomic mass is 10.2. The maximum atomic E-state index is 12.8. The number of benzene rings is 1. The molecule has 0 radical (unpaired) electrons. The van der Waals surface area contributed by atoms with E-state index in [4.69, 9.17) is 9.47 Å². The Morgan fingerprint density at radius 3 is 2.48 bits per heavy atom. The van der Waals surface area contributed by atoms with Crippen LogP contribution in [-0.2, 0) is 4.79 Å². The number of rotatable bonds is 3. The second kappa shape index (κ2) is 7.14. The van der Waals surface area contributed by atoms with Crippen LogP contribution in [-0.4, -0.2) is 59.6 Å². The predicted octanol–water partition coefficient (Wildman–Crippen LogP) is 1.86. The van der Waals surface area contributed by atoms with Gasteiger partial charge in [-0.15, -0.1) is 0 Å². The van der Waals surface area contributed by atoms with E-state index in [0.29, 0.717) is 48.9 Å². The largest absolute Gasteiger partial charge is 0.454 e. The third-order valence-corrected chi connectivity index (χ3v) is 4.66. The SMILES string of the molecule is CC(=O)N1CCN(C(=O)c2cncc(Nc3ccc4c(c3)OCO4)c2)CC1. The Morgan fingerprint density at radius 1 is 0.963 bits per heavy atom. The summed E-state index contributed by atoms with van der Waals surface area (Å²) >= 11 is 0. The average molecular weight is 368 g/mol. The molecule has 27 heavy (non-hydrogen) atoms. The molecule has 4 rings (SSSR count). The molecule has 1 saturated heterocycles. The summed E-state index contributed by atoms with van der Waals surface area (Å²) in [4.78, 5) is 31.9. The van der Waals surface area contributed by atoms with E-state index < -0.39 is 0 Å². The van der Waals surface area contributed by atoms with Crippen LogP contribution in [0.1, 0.15) is 17.3 Å². The van der Waals surface area contributed by atoms with Crippen LogP contribution in [0.4, 0.5) is 11.4 Å². The molecular formula is C19H20N4O4. The summed E-state index contributed by atoms with van der Waals surface area (Å²) in [5.74, 6) is 1.36. The predicted molar refractivity (Wildman–Crippen MR) is 98.2 cm³/mol. The van der Waals surface area contributed by atoms with E-state index in [1.54, 1.807) is 35.2 Å². The lowest BCUT2D eigenvalue weighted by Gasteiger charge is -2.34. The monoisotopic (exact) mass is 368 g/mol. The molecule has 2 aliphatic rings. The zero-order valence-corrected chi connectivity index (χ0v) is 15.0. The molecule has 3 heterocycles. The van der Waals surface area contributed by atoms with E-state index in [2.05, 4.69) is 10.3 Å². The molecule has 0 bridgehead atoms. The summed E-state index contributed by atoms with van der Waals surface area (Å²) in [6.45, 7) is 3.94. The Bertz CT molecular complexity index is 878. The highest BCUT2D eigenvalue weighted by Crippen LogP contribution is 2.35. The van der Waals surface area contributed by atoms with Crippen molar-refractivity contribution in [2.75, 3.05) is 38.3 Å². The van der Waals surface area contributed by atoms with Crippen molar-refractivity contribution in [2.45, 2.75) is 6.92 Å². The maximum absolute atomic E-state index is 12.8. The summed E-state index contributed by atoms with van der Waals surface area (Å²) in [6.07, 6.45) is 3.22. The number of amides is 2. The Kier molecular flexibility index (Phi) is 4.53. The highest BCUT2D eigenvalue weighted by molar-refractivity contribution is 5.95. The van der Waals surface area contributed by atoms with Gasteiger partial charge in [-0.2, -0.15) is 0 Å². The number of nitrogens with zero attached hydrogens (tertiary/aromatic N) is 3. The van der Waals surface area contributed by atoms with Crippen molar-refractivity contribution < 1.29 is 19.1 Å². The molecule has 1 N–H and O–H groups in total. The van der Waals surface area contributed by atoms with Crippen LogP contribution in [0.5, 0.6) is 11.5 Å². The molecule has 2 amide bonds. The molecule has 1 aromatic carbocycles. The smallest absolute Gasteiger partial charge is 0.255 e. The second-order valence-electron chi connectivity index (χ2n) is 6.45. The van der Waals surface area contributed by atoms with Crippen molar-refractivity contribution in [1.29, 1.82) is 0 Å². The maximum Gasteiger partial charge on any atom is 0.255 e. The van der Waals surface area contributed by atoms with Crippen LogP contribution >= 0.6 is 0 Å². The van der Waals surface area contributed by atoms with Gasteiger partial charge in [0.25, 0.3) is 5.91 Å². The molecule has 8 heteroatoms. The van der Waals surface area contributed by atoms with Crippen molar-refractivity contribution in [3.63, 3.8) is 0 Å². The van der Waals surface area contributed by atoms with E-state index in [-0.39, 0.29) is 18.6 Å². The lowest BCUT2D eigenvalue weighted by molar-refractivity contribution is -0.130. The third-order valence-electron chi connectivity index (χ3n) is 4.66. The third kappa shape index (κ3) is 3.64. The van der Waals surface area contributed by atoms with Gasteiger partial charge in [-0.05, 0) is 18.2 Å². The number of nitrogens with one attached hydrogen (secondary N) is 1. The molecule has 0 atom stereocenters. The van der Waals surface area contributed by atoms with Gasteiger partial charge in [0, 0.05) is 51.1 Å². The fourth-order valence-electron chi connectivity index (χ4n) is 3.17. The molecule has 0 spiro atoms. The molecule has 0 unspecified atom stereocenters. The lowest BCUT2D eigenvalue weighted by Crippen LogP contribution is -2.50. The molecule has 2 aliphatic heterocycles. The molecule has 8 nitrogen and oxygen atoms in total. The number of anilines is 2. The van der Waals surface area contributed by atoms with Gasteiger partial charge in [0.1, 0.15) is 0 Å². The molecule has 0 aliphatic carbocycles. The number of pyridine rings is 1. The highest BCUT2D eigenvalue weighted by atomic mass is 16.7. The fourth-order valence-corrected chi connectivity index (χ4v) is 3.17. The number of carbonyl (C=O) groups is 2. The minimum atomic E-state index is -0.0833. The average Bonchev–Trinajstić information content (AvgIpc) is 3.15. The summed E-state index contributed by atoms with van der Waals surface area (Å²) < 4.78 is 10.7. The number of fused-ring (bicyclic) bond motifs is 1. The first-order chi connectivity index (χ1) is 13.1. The first kappa shape index (κ1) is 17.1. The minimum absolute atomic E-state index is 0.0405. The van der Waals surface area contributed by atoms with Crippen LogP contribution in [0.2, 0.25) is 0 Å². The number of ether oxygens (including phenoxy) is 2. The minimum Gasteiger partial charge on any atom is -0.454 e. The number of hydrogen-bond donors (Lipinski definition) is 1. The van der Waals surface area contributed by atoms with E-state index in [1.165, 1.54) is 0 Å². The van der Waals surface area contributed by atoms with Gasteiger partial charge in [0.05, 0.1) is 17.4 Å². The van der Waals surface area contributed by atoms with E-state index in [9.17, 15) is 9.59 Å². The van der Waals surface area contributed by atoms with Crippen molar-refractivity contribution in [3.8, 4) is 11.5 Å². The molecule has 0 saturated carbocycles. The van der Waals surface area contributed by atoms with Crippen LogP contribution in [0.15, 0.2) is 36.7 Å². The summed E-state index contributed by atoms with van der Waals surface area (Å²) in [5, 5.41) is 3.23. The van der Waals surface area contributed by atoms with Gasteiger partial charge in [0.15, 0.2) is 11.5 Å². The van der Waals surface area contributed by atoms with Gasteiger partial charge in [-0.25, -0.2) is 0 Å². The molecule has 2 aromatic rings. The topological polar surface area (TPSA) is 84.0 Å². The fraction of sp³-hybridized carbons (Fsp3) is 0.316. The van der Waals surface area contributed by atoms with Crippen molar-refractivity contribution in [1.82, 2.24) is 14.8 Å². The first-order valence-electron chi connectivity index (χ1n) is 8.77. The van der Waals surface area contributed by atoms with Gasteiger partial charge < -0.3 is 24.6 Å². The van der Waals surface area contributed by atoms with Crippen molar-refractivity contribution >= 4 is 23.2 Å². The second-order valence-corrected chi connectivity index (χ2v) is 6.45. The molecule has 1 fully saturated rings. The van der Waals surface area contributed by atoms with Crippen LogP contribution in [0.3, 0.4) is 0 Å². The van der Waals surface area contributed by atoms with Crippen LogP contribution in [0.25, 0.3) is 0 Å². The van der Waals surface area contributed by atoms with E-state index >= 15 is 0 Å². The Morgan fingerprint density at radius 2 is 1.70 bits per heavy atom. The van der Waals surface area contributed by atoms with Gasteiger partial charge in [-0.3, -0.25) is 14.6 Å². The normalized spacial score (nSPS) is 15.6. The van der Waals surface area contributed by atoms with Crippen molar-refractivity contribution in [3.05, 3.63) is 42.2 Å². The first-order valence-corrected chi connectivity index (χ1v) is 8.77. The van der Waals surface area contributed by atoms with Gasteiger partial charge in [0.2, 0.25) is 12.7 Å². The quantitative estimate of drug-likeness (QED) is 0.890. The number of hydrogen-bond acceptors (Lipinski definition) is 6. The Balaban J connectivity index is 1.44. The van der Waals surface area contributed by atoms with Gasteiger partial charge in [-0.1, -0.05) is 0 Å². The highest BCUT2D eigenvalue weighted by Gasteiger charge is 2.23. The number of aromatic nitrogens is 1. The standard InChI is InChI=1S/C19H20N4O4/c1-13(24)22-4-6-23(7-5-22)19(25)14-8-16(11-20-10-14)21-15-2-3-17-18(9-15)27-12-26-17/h2-3,8-11,21H,4-7,12H2,1H3. The van der Waals surface area contributed by atoms with Gasteiger partial charge >= 0.3 is 0 Å². The summed E-state index contributed by atoms with van der Waals surface area (Å²) in [6, 6.07) is 7.33. The molecule has 1 aromatic heterocycles. The zero-order chi connectivity index (χ0) is 18.8. The number of carbonyl (C=O) groups excluding carboxylic acids is 2. The van der Waals surface area contributed by atoms with E-state index in [0.717, 1.165) is 5.69 Å². The zero-order valence-electron chi connectivity index (χ0n) is 15.0. The Hall–Kier alpha value is -3.29.